The third kappa shape index (κ3) is 3.55. The molecule has 164 valence electrons. The number of fused-ring (bicyclic) bond motifs is 3. The SMILES string of the molecule is Cc1cc(=O)nc2c3ccccc3n(C(C)C(=O)N3CCN(C4CCCCC4)CC3)n12. The molecular formula is C24H31N5O2. The van der Waals surface area contributed by atoms with Crippen LogP contribution < -0.4 is 5.56 Å². The van der Waals surface area contributed by atoms with Crippen LogP contribution in [0, 0.1) is 6.92 Å². The molecule has 0 bridgehead atoms. The van der Waals surface area contributed by atoms with E-state index in [1.54, 1.807) is 0 Å². The Kier molecular flexibility index (Phi) is 5.30. The number of rotatable bonds is 3. The van der Waals surface area contributed by atoms with Crippen LogP contribution in [0.4, 0.5) is 0 Å². The summed E-state index contributed by atoms with van der Waals surface area (Å²) in [5.41, 5.74) is 2.07. The molecule has 0 spiro atoms. The van der Waals surface area contributed by atoms with Gasteiger partial charge < -0.3 is 4.90 Å². The number of aryl methyl sites for hydroxylation is 1. The van der Waals surface area contributed by atoms with Crippen molar-refractivity contribution in [2.75, 3.05) is 26.2 Å². The molecule has 1 atom stereocenters. The first kappa shape index (κ1) is 20.2. The normalized spacial score (nSPS) is 19.9. The molecule has 2 fully saturated rings. The Hall–Kier alpha value is -2.67. The van der Waals surface area contributed by atoms with Crippen LogP contribution >= 0.6 is 0 Å². The lowest BCUT2D eigenvalue weighted by molar-refractivity contribution is -0.136. The van der Waals surface area contributed by atoms with E-state index >= 15 is 0 Å². The van der Waals surface area contributed by atoms with E-state index in [0.29, 0.717) is 11.7 Å². The molecule has 2 aromatic heterocycles. The van der Waals surface area contributed by atoms with Gasteiger partial charge in [-0.2, -0.15) is 4.98 Å². The largest absolute Gasteiger partial charge is 0.338 e. The predicted octanol–water partition coefficient (Wildman–Crippen LogP) is 3.00. The monoisotopic (exact) mass is 421 g/mol. The number of para-hydroxylation sites is 1. The summed E-state index contributed by atoms with van der Waals surface area (Å²) in [6, 6.07) is 9.72. The standard InChI is InChI=1S/C24H31N5O2/c1-17-16-22(30)25-23-20-10-6-7-11-21(20)29(28(17)23)18(2)24(31)27-14-12-26(13-15-27)19-8-4-3-5-9-19/h6-7,10-11,16,18-19H,3-5,8-9,12-15H2,1-2H3. The highest BCUT2D eigenvalue weighted by molar-refractivity contribution is 5.94. The van der Waals surface area contributed by atoms with Crippen molar-refractivity contribution >= 4 is 22.5 Å². The molecule has 5 rings (SSSR count). The van der Waals surface area contributed by atoms with Crippen molar-refractivity contribution in [3.8, 4) is 0 Å². The van der Waals surface area contributed by atoms with Crippen LogP contribution in [0.25, 0.3) is 16.6 Å². The Bertz CT molecular complexity index is 1170. The van der Waals surface area contributed by atoms with Gasteiger partial charge in [-0.25, -0.2) is 4.52 Å². The van der Waals surface area contributed by atoms with Crippen molar-refractivity contribution in [2.24, 2.45) is 0 Å². The molecule has 1 aliphatic heterocycles. The maximum Gasteiger partial charge on any atom is 0.273 e. The molecule has 3 aromatic rings. The third-order valence-electron chi connectivity index (χ3n) is 7.13. The number of hydrogen-bond acceptors (Lipinski definition) is 4. The Morgan fingerprint density at radius 1 is 1.06 bits per heavy atom. The molecule has 31 heavy (non-hydrogen) atoms. The fraction of sp³-hybridized carbons (Fsp3) is 0.542. The minimum Gasteiger partial charge on any atom is -0.338 e. The van der Waals surface area contributed by atoms with Gasteiger partial charge in [-0.3, -0.25) is 19.2 Å². The first-order valence-corrected chi connectivity index (χ1v) is 11.6. The second kappa shape index (κ2) is 8.11. The maximum atomic E-state index is 13.5. The lowest BCUT2D eigenvalue weighted by atomic mass is 9.94. The van der Waals surface area contributed by atoms with Gasteiger partial charge in [0.05, 0.1) is 5.52 Å². The van der Waals surface area contributed by atoms with Gasteiger partial charge in [-0.05, 0) is 38.8 Å². The van der Waals surface area contributed by atoms with Crippen molar-refractivity contribution in [2.45, 2.75) is 58.0 Å². The van der Waals surface area contributed by atoms with Crippen molar-refractivity contribution in [1.82, 2.24) is 24.0 Å². The fourth-order valence-electron chi connectivity index (χ4n) is 5.51. The minimum atomic E-state index is -0.383. The molecule has 1 saturated heterocycles. The summed E-state index contributed by atoms with van der Waals surface area (Å²) in [5.74, 6) is 0.129. The molecular weight excluding hydrogens is 390 g/mol. The summed E-state index contributed by atoms with van der Waals surface area (Å²) in [5, 5.41) is 0.894. The van der Waals surface area contributed by atoms with Crippen LogP contribution in [0.2, 0.25) is 0 Å². The topological polar surface area (TPSA) is 62.9 Å². The zero-order chi connectivity index (χ0) is 21.5. The average molecular weight is 422 g/mol. The Labute approximate surface area is 182 Å². The highest BCUT2D eigenvalue weighted by atomic mass is 16.2. The second-order valence-electron chi connectivity index (χ2n) is 9.06. The smallest absolute Gasteiger partial charge is 0.273 e. The summed E-state index contributed by atoms with van der Waals surface area (Å²) in [6.07, 6.45) is 6.65. The highest BCUT2D eigenvalue weighted by Crippen LogP contribution is 2.27. The van der Waals surface area contributed by atoms with Crippen LogP contribution in [-0.4, -0.2) is 62.1 Å². The second-order valence-corrected chi connectivity index (χ2v) is 9.06. The van der Waals surface area contributed by atoms with Crippen molar-refractivity contribution in [3.05, 3.63) is 46.4 Å². The van der Waals surface area contributed by atoms with Gasteiger partial charge in [0.2, 0.25) is 5.91 Å². The predicted molar refractivity (Wildman–Crippen MR) is 121 cm³/mol. The zero-order valence-corrected chi connectivity index (χ0v) is 18.5. The fourth-order valence-corrected chi connectivity index (χ4v) is 5.51. The zero-order valence-electron chi connectivity index (χ0n) is 18.5. The van der Waals surface area contributed by atoms with Crippen LogP contribution in [0.15, 0.2) is 35.1 Å². The van der Waals surface area contributed by atoms with E-state index in [4.69, 9.17) is 0 Å². The Morgan fingerprint density at radius 3 is 2.52 bits per heavy atom. The van der Waals surface area contributed by atoms with E-state index in [2.05, 4.69) is 9.88 Å². The van der Waals surface area contributed by atoms with Gasteiger partial charge in [0.25, 0.3) is 5.56 Å². The number of amides is 1. The summed E-state index contributed by atoms with van der Waals surface area (Å²) >= 11 is 0. The van der Waals surface area contributed by atoms with Gasteiger partial charge >= 0.3 is 0 Å². The Balaban J connectivity index is 1.43. The van der Waals surface area contributed by atoms with Crippen molar-refractivity contribution in [3.63, 3.8) is 0 Å². The van der Waals surface area contributed by atoms with E-state index < -0.39 is 0 Å². The summed E-state index contributed by atoms with van der Waals surface area (Å²) < 4.78 is 3.93. The van der Waals surface area contributed by atoms with Crippen molar-refractivity contribution in [1.29, 1.82) is 0 Å². The number of carbonyl (C=O) groups is 1. The lowest BCUT2D eigenvalue weighted by Crippen LogP contribution is -2.53. The van der Waals surface area contributed by atoms with E-state index in [1.165, 1.54) is 38.2 Å². The number of piperazine rings is 1. The number of aromatic nitrogens is 3. The van der Waals surface area contributed by atoms with E-state index in [1.807, 2.05) is 52.2 Å². The summed E-state index contributed by atoms with van der Waals surface area (Å²) in [6.45, 7) is 7.34. The highest BCUT2D eigenvalue weighted by Gasteiger charge is 2.31. The van der Waals surface area contributed by atoms with E-state index in [9.17, 15) is 9.59 Å². The number of carbonyl (C=O) groups excluding carboxylic acids is 1. The van der Waals surface area contributed by atoms with E-state index in [0.717, 1.165) is 42.8 Å². The molecule has 7 nitrogen and oxygen atoms in total. The van der Waals surface area contributed by atoms with Crippen LogP contribution in [0.5, 0.6) is 0 Å². The van der Waals surface area contributed by atoms with Crippen LogP contribution in [0.1, 0.15) is 50.8 Å². The number of hydrogen-bond donors (Lipinski definition) is 0. The molecule has 3 heterocycles. The van der Waals surface area contributed by atoms with Gasteiger partial charge in [0.15, 0.2) is 5.65 Å². The molecule has 1 saturated carbocycles. The minimum absolute atomic E-state index is 0.129. The molecule has 1 aromatic carbocycles. The molecule has 1 aliphatic carbocycles. The van der Waals surface area contributed by atoms with E-state index in [-0.39, 0.29) is 17.5 Å². The molecule has 0 N–H and O–H groups in total. The molecule has 2 aliphatic rings. The van der Waals surface area contributed by atoms with Gasteiger partial charge in [-0.1, -0.05) is 31.4 Å². The Morgan fingerprint density at radius 2 is 1.77 bits per heavy atom. The summed E-state index contributed by atoms with van der Waals surface area (Å²) in [4.78, 5) is 34.4. The lowest BCUT2D eigenvalue weighted by Gasteiger charge is -2.41. The molecule has 1 amide bonds. The first-order valence-electron chi connectivity index (χ1n) is 11.6. The first-order chi connectivity index (χ1) is 15.0. The van der Waals surface area contributed by atoms with Gasteiger partial charge in [-0.15, -0.1) is 0 Å². The quantitative estimate of drug-likeness (QED) is 0.652. The summed E-state index contributed by atoms with van der Waals surface area (Å²) in [7, 11) is 0. The van der Waals surface area contributed by atoms with Gasteiger partial charge in [0, 0.05) is 49.4 Å². The van der Waals surface area contributed by atoms with Crippen molar-refractivity contribution < 1.29 is 4.79 Å². The average Bonchev–Trinajstić information content (AvgIpc) is 3.13. The number of benzene rings is 1. The number of nitrogens with zero attached hydrogens (tertiary/aromatic N) is 5. The molecule has 1 unspecified atom stereocenters. The van der Waals surface area contributed by atoms with Crippen LogP contribution in [0.3, 0.4) is 0 Å². The van der Waals surface area contributed by atoms with Gasteiger partial charge in [0.1, 0.15) is 6.04 Å². The molecule has 0 radical (unpaired) electrons. The maximum absolute atomic E-state index is 13.5. The molecule has 7 heteroatoms. The van der Waals surface area contributed by atoms with Crippen LogP contribution in [-0.2, 0) is 4.79 Å². The third-order valence-corrected chi connectivity index (χ3v) is 7.13.